The van der Waals surface area contributed by atoms with Crippen molar-refractivity contribution in [3.63, 3.8) is 0 Å². The fourth-order valence-electron chi connectivity index (χ4n) is 2.11. The van der Waals surface area contributed by atoms with E-state index in [-0.39, 0.29) is 6.04 Å². The lowest BCUT2D eigenvalue weighted by molar-refractivity contribution is 0.570. The van der Waals surface area contributed by atoms with E-state index in [2.05, 4.69) is 29.2 Å². The van der Waals surface area contributed by atoms with Crippen molar-refractivity contribution in [3.05, 3.63) is 46.5 Å². The van der Waals surface area contributed by atoms with Crippen molar-refractivity contribution in [1.82, 2.24) is 20.1 Å². The van der Waals surface area contributed by atoms with Crippen LogP contribution in [-0.4, -0.2) is 21.3 Å². The standard InChI is InChI=1S/C13H17ClN4/c1-4-16-12(10-5-6-15-7-9(10)2)13-11(14)8-17-18(13)3/h5-8,12,16H,4H2,1-3H3. The highest BCUT2D eigenvalue weighted by Gasteiger charge is 2.21. The zero-order valence-corrected chi connectivity index (χ0v) is 11.6. The Morgan fingerprint density at radius 3 is 2.78 bits per heavy atom. The number of halogens is 1. The van der Waals surface area contributed by atoms with E-state index >= 15 is 0 Å². The highest BCUT2D eigenvalue weighted by molar-refractivity contribution is 6.31. The smallest absolute Gasteiger partial charge is 0.0837 e. The number of aromatic nitrogens is 3. The molecular weight excluding hydrogens is 248 g/mol. The summed E-state index contributed by atoms with van der Waals surface area (Å²) in [5.41, 5.74) is 3.30. The molecule has 2 aromatic heterocycles. The fraction of sp³-hybridized carbons (Fsp3) is 0.385. The van der Waals surface area contributed by atoms with Gasteiger partial charge in [-0.05, 0) is 30.7 Å². The summed E-state index contributed by atoms with van der Waals surface area (Å²) in [6.45, 7) is 4.98. The molecule has 18 heavy (non-hydrogen) atoms. The van der Waals surface area contributed by atoms with E-state index in [0.717, 1.165) is 17.8 Å². The third kappa shape index (κ3) is 2.40. The van der Waals surface area contributed by atoms with Gasteiger partial charge in [-0.3, -0.25) is 9.67 Å². The summed E-state index contributed by atoms with van der Waals surface area (Å²) in [5, 5.41) is 8.33. The van der Waals surface area contributed by atoms with E-state index in [1.807, 2.05) is 24.0 Å². The third-order valence-electron chi connectivity index (χ3n) is 2.99. The maximum Gasteiger partial charge on any atom is 0.0837 e. The number of hydrogen-bond acceptors (Lipinski definition) is 3. The minimum atomic E-state index is 0.0398. The molecule has 0 saturated heterocycles. The van der Waals surface area contributed by atoms with Crippen molar-refractivity contribution in [1.29, 1.82) is 0 Å². The van der Waals surface area contributed by atoms with E-state index < -0.39 is 0 Å². The fourth-order valence-corrected chi connectivity index (χ4v) is 2.39. The Bertz CT molecular complexity index is 516. The summed E-state index contributed by atoms with van der Waals surface area (Å²) in [6.07, 6.45) is 5.35. The topological polar surface area (TPSA) is 42.7 Å². The molecule has 1 atom stereocenters. The second-order valence-electron chi connectivity index (χ2n) is 4.22. The van der Waals surface area contributed by atoms with Crippen LogP contribution in [0.5, 0.6) is 0 Å². The van der Waals surface area contributed by atoms with Gasteiger partial charge in [0, 0.05) is 19.4 Å². The van der Waals surface area contributed by atoms with Crippen molar-refractivity contribution >= 4 is 11.6 Å². The number of nitrogens with zero attached hydrogens (tertiary/aromatic N) is 3. The molecule has 4 nitrogen and oxygen atoms in total. The van der Waals surface area contributed by atoms with Crippen molar-refractivity contribution < 1.29 is 0 Å². The van der Waals surface area contributed by atoms with Gasteiger partial charge >= 0.3 is 0 Å². The van der Waals surface area contributed by atoms with Crippen LogP contribution < -0.4 is 5.32 Å². The van der Waals surface area contributed by atoms with Crippen LogP contribution in [0.15, 0.2) is 24.7 Å². The van der Waals surface area contributed by atoms with E-state index in [9.17, 15) is 0 Å². The average molecular weight is 265 g/mol. The van der Waals surface area contributed by atoms with Crippen molar-refractivity contribution in [3.8, 4) is 0 Å². The lowest BCUT2D eigenvalue weighted by Crippen LogP contribution is -2.25. The van der Waals surface area contributed by atoms with Gasteiger partial charge in [-0.1, -0.05) is 18.5 Å². The summed E-state index contributed by atoms with van der Waals surface area (Å²) in [6, 6.07) is 2.06. The highest BCUT2D eigenvalue weighted by Crippen LogP contribution is 2.29. The van der Waals surface area contributed by atoms with Gasteiger partial charge < -0.3 is 5.32 Å². The zero-order valence-electron chi connectivity index (χ0n) is 10.8. The summed E-state index contributed by atoms with van der Waals surface area (Å²) < 4.78 is 1.82. The van der Waals surface area contributed by atoms with Crippen LogP contribution in [0.4, 0.5) is 0 Å². The van der Waals surface area contributed by atoms with E-state index in [0.29, 0.717) is 5.02 Å². The average Bonchev–Trinajstić information content (AvgIpc) is 2.68. The summed E-state index contributed by atoms with van der Waals surface area (Å²) in [4.78, 5) is 4.13. The number of aryl methyl sites for hydroxylation is 2. The van der Waals surface area contributed by atoms with Crippen molar-refractivity contribution in [2.24, 2.45) is 7.05 Å². The number of hydrogen-bond donors (Lipinski definition) is 1. The largest absolute Gasteiger partial charge is 0.305 e. The summed E-state index contributed by atoms with van der Waals surface area (Å²) >= 11 is 6.24. The second-order valence-corrected chi connectivity index (χ2v) is 4.63. The molecule has 0 saturated carbocycles. The molecule has 0 aromatic carbocycles. The Balaban J connectivity index is 2.50. The van der Waals surface area contributed by atoms with Crippen LogP contribution in [0, 0.1) is 6.92 Å². The monoisotopic (exact) mass is 264 g/mol. The van der Waals surface area contributed by atoms with Crippen molar-refractivity contribution in [2.75, 3.05) is 6.54 Å². The zero-order chi connectivity index (χ0) is 13.1. The molecule has 0 amide bonds. The molecule has 1 N–H and O–H groups in total. The molecule has 96 valence electrons. The van der Waals surface area contributed by atoms with Crippen LogP contribution in [0.1, 0.15) is 29.8 Å². The third-order valence-corrected chi connectivity index (χ3v) is 3.29. The number of rotatable bonds is 4. The molecule has 0 aliphatic heterocycles. The first kappa shape index (κ1) is 13.1. The van der Waals surface area contributed by atoms with Gasteiger partial charge in [-0.15, -0.1) is 0 Å². The van der Waals surface area contributed by atoms with Gasteiger partial charge in [-0.2, -0.15) is 5.10 Å². The molecule has 0 bridgehead atoms. The van der Waals surface area contributed by atoms with E-state index in [4.69, 9.17) is 11.6 Å². The Kier molecular flexibility index (Phi) is 3.99. The van der Waals surface area contributed by atoms with Crippen LogP contribution in [-0.2, 0) is 7.05 Å². The van der Waals surface area contributed by atoms with Crippen LogP contribution >= 0.6 is 11.6 Å². The first-order valence-electron chi connectivity index (χ1n) is 5.96. The molecule has 0 radical (unpaired) electrons. The number of pyridine rings is 1. The van der Waals surface area contributed by atoms with Gasteiger partial charge in [-0.25, -0.2) is 0 Å². The molecule has 5 heteroatoms. The molecular formula is C13H17ClN4. The van der Waals surface area contributed by atoms with Crippen LogP contribution in [0.25, 0.3) is 0 Å². The van der Waals surface area contributed by atoms with E-state index in [1.165, 1.54) is 5.56 Å². The molecule has 0 spiro atoms. The Hall–Kier alpha value is -1.39. The second kappa shape index (κ2) is 5.50. The Labute approximate surface area is 112 Å². The molecule has 1 unspecified atom stereocenters. The molecule has 0 aliphatic rings. The number of nitrogens with one attached hydrogen (secondary N) is 1. The van der Waals surface area contributed by atoms with Gasteiger partial charge in [0.25, 0.3) is 0 Å². The van der Waals surface area contributed by atoms with Crippen molar-refractivity contribution in [2.45, 2.75) is 19.9 Å². The van der Waals surface area contributed by atoms with Gasteiger partial charge in [0.05, 0.1) is 23.0 Å². The summed E-state index contributed by atoms with van der Waals surface area (Å²) in [5.74, 6) is 0. The normalized spacial score (nSPS) is 12.7. The lowest BCUT2D eigenvalue weighted by atomic mass is 10.0. The quantitative estimate of drug-likeness (QED) is 0.923. The van der Waals surface area contributed by atoms with Crippen LogP contribution in [0.2, 0.25) is 5.02 Å². The molecule has 2 rings (SSSR count). The lowest BCUT2D eigenvalue weighted by Gasteiger charge is -2.20. The van der Waals surface area contributed by atoms with E-state index in [1.54, 1.807) is 12.4 Å². The maximum absolute atomic E-state index is 6.24. The molecule has 0 aliphatic carbocycles. The molecule has 2 aromatic rings. The SMILES string of the molecule is CCNC(c1ccncc1C)c1c(Cl)cnn1C. The highest BCUT2D eigenvalue weighted by atomic mass is 35.5. The first-order valence-corrected chi connectivity index (χ1v) is 6.34. The van der Waals surface area contributed by atoms with Gasteiger partial charge in [0.1, 0.15) is 0 Å². The minimum Gasteiger partial charge on any atom is -0.305 e. The molecule has 0 fully saturated rings. The van der Waals surface area contributed by atoms with Gasteiger partial charge in [0.2, 0.25) is 0 Å². The first-order chi connectivity index (χ1) is 8.65. The Morgan fingerprint density at radius 1 is 1.44 bits per heavy atom. The molecule has 2 heterocycles. The van der Waals surface area contributed by atoms with Gasteiger partial charge in [0.15, 0.2) is 0 Å². The minimum absolute atomic E-state index is 0.0398. The predicted octanol–water partition coefficient (Wildman–Crippen LogP) is 2.48. The Morgan fingerprint density at radius 2 is 2.22 bits per heavy atom. The predicted molar refractivity (Wildman–Crippen MR) is 72.7 cm³/mol. The maximum atomic E-state index is 6.24. The van der Waals surface area contributed by atoms with Crippen LogP contribution in [0.3, 0.4) is 0 Å². The summed E-state index contributed by atoms with van der Waals surface area (Å²) in [7, 11) is 1.90.